The second kappa shape index (κ2) is 9.40. The highest BCUT2D eigenvalue weighted by Gasteiger charge is 2.41. The van der Waals surface area contributed by atoms with Gasteiger partial charge in [-0.2, -0.15) is 0 Å². The molecule has 0 radical (unpaired) electrons. The number of aromatic nitrogens is 1. The topological polar surface area (TPSA) is 45.6 Å². The lowest BCUT2D eigenvalue weighted by Gasteiger charge is -2.36. The van der Waals surface area contributed by atoms with Crippen LogP contribution in [0.4, 0.5) is 11.4 Å². The highest BCUT2D eigenvalue weighted by molar-refractivity contribution is 7.81. The van der Waals surface area contributed by atoms with Crippen LogP contribution in [-0.4, -0.2) is 21.5 Å². The minimum Gasteiger partial charge on any atom is -0.318 e. The Hall–Kier alpha value is -4.29. The predicted octanol–water partition coefficient (Wildman–Crippen LogP) is 6.15. The molecule has 1 saturated heterocycles. The first-order valence-electron chi connectivity index (χ1n) is 11.7. The quantitative estimate of drug-likeness (QED) is 0.195. The van der Waals surface area contributed by atoms with Gasteiger partial charge in [-0.15, -0.1) is 0 Å². The van der Waals surface area contributed by atoms with Gasteiger partial charge in [-0.25, -0.2) is 0 Å². The Bertz CT molecular complexity index is 1460. The number of rotatable bonds is 4. The van der Waals surface area contributed by atoms with Gasteiger partial charge in [-0.3, -0.25) is 19.4 Å². The van der Waals surface area contributed by atoms with Crippen LogP contribution in [0.3, 0.4) is 0 Å². The van der Waals surface area contributed by atoms with E-state index in [-0.39, 0.29) is 10.7 Å². The minimum atomic E-state index is -0.441. The molecule has 3 aromatic carbocycles. The number of thiocarbonyl (C=S) groups is 1. The Balaban J connectivity index is 1.66. The summed E-state index contributed by atoms with van der Waals surface area (Å²) in [6, 6.07) is 28.6. The Kier molecular flexibility index (Phi) is 6.12. The largest absolute Gasteiger partial charge is 0.318 e. The van der Waals surface area contributed by atoms with E-state index in [1.807, 2.05) is 92.7 Å². The molecule has 1 fully saturated rings. The molecule has 1 aliphatic rings. The van der Waals surface area contributed by atoms with Gasteiger partial charge in [0.2, 0.25) is 0 Å². The number of amides is 2. The average molecular weight is 492 g/mol. The molecule has 5 rings (SSSR count). The number of nitrogens with zero attached hydrogens (tertiary/aromatic N) is 3. The summed E-state index contributed by atoms with van der Waals surface area (Å²) >= 11 is 5.69. The van der Waals surface area contributed by atoms with Gasteiger partial charge in [0, 0.05) is 17.1 Å². The van der Waals surface area contributed by atoms with E-state index in [1.165, 1.54) is 9.80 Å². The molecule has 2 amide bonds. The zero-order valence-corrected chi connectivity index (χ0v) is 21.1. The molecule has 0 N–H and O–H groups in total. The van der Waals surface area contributed by atoms with Crippen molar-refractivity contribution in [3.05, 3.63) is 119 Å². The molecule has 0 saturated carbocycles. The molecule has 0 aliphatic carbocycles. The highest BCUT2D eigenvalue weighted by atomic mass is 32.1. The van der Waals surface area contributed by atoms with Gasteiger partial charge >= 0.3 is 0 Å². The number of para-hydroxylation sites is 2. The minimum absolute atomic E-state index is 0.0563. The van der Waals surface area contributed by atoms with Crippen molar-refractivity contribution in [2.75, 3.05) is 9.80 Å². The second-order valence-corrected chi connectivity index (χ2v) is 9.16. The zero-order chi connectivity index (χ0) is 25.4. The molecule has 0 spiro atoms. The monoisotopic (exact) mass is 491 g/mol. The van der Waals surface area contributed by atoms with Crippen LogP contribution >= 0.6 is 12.2 Å². The van der Waals surface area contributed by atoms with E-state index in [2.05, 4.69) is 23.6 Å². The van der Waals surface area contributed by atoms with Crippen molar-refractivity contribution in [3.8, 4) is 5.69 Å². The summed E-state index contributed by atoms with van der Waals surface area (Å²) in [7, 11) is 0. The normalized spacial score (nSPS) is 14.0. The van der Waals surface area contributed by atoms with Crippen molar-refractivity contribution < 1.29 is 9.59 Å². The SMILES string of the molecule is Cc1cccc(-n2c(C)cc(C=C3C(=O)N(c4ccccc4)C(=S)N(c4ccccc4)C3=O)c2C)c1. The molecule has 36 heavy (non-hydrogen) atoms. The van der Waals surface area contributed by atoms with E-state index < -0.39 is 11.8 Å². The van der Waals surface area contributed by atoms with Crippen LogP contribution in [0.5, 0.6) is 0 Å². The summed E-state index contributed by atoms with van der Waals surface area (Å²) in [5, 5.41) is 0.129. The zero-order valence-electron chi connectivity index (χ0n) is 20.3. The van der Waals surface area contributed by atoms with Crippen LogP contribution < -0.4 is 9.80 Å². The van der Waals surface area contributed by atoms with Gasteiger partial charge in [0.15, 0.2) is 5.11 Å². The van der Waals surface area contributed by atoms with Crippen LogP contribution in [0.2, 0.25) is 0 Å². The molecule has 4 aromatic rings. The average Bonchev–Trinajstić information content (AvgIpc) is 3.15. The third-order valence-corrected chi connectivity index (χ3v) is 6.67. The lowest BCUT2D eigenvalue weighted by Crippen LogP contribution is -2.56. The standard InChI is InChI=1S/C30H25N3O2S/c1-20-11-10-16-26(17-20)31-21(2)18-23(22(31)3)19-27-28(34)32(24-12-6-4-7-13-24)30(36)33(29(27)35)25-14-8-5-9-15-25/h4-19H,1-3H3. The number of carbonyl (C=O) groups excluding carboxylic acids is 2. The Labute approximate surface area is 215 Å². The summed E-state index contributed by atoms with van der Waals surface area (Å²) in [4.78, 5) is 30.4. The van der Waals surface area contributed by atoms with Crippen molar-refractivity contribution >= 4 is 46.6 Å². The fourth-order valence-corrected chi connectivity index (χ4v) is 4.97. The van der Waals surface area contributed by atoms with E-state index >= 15 is 0 Å². The summed E-state index contributed by atoms with van der Waals surface area (Å²) in [6.45, 7) is 6.07. The Morgan fingerprint density at radius 3 is 1.72 bits per heavy atom. The van der Waals surface area contributed by atoms with E-state index in [0.29, 0.717) is 11.4 Å². The highest BCUT2D eigenvalue weighted by Crippen LogP contribution is 2.31. The molecule has 0 unspecified atom stereocenters. The number of hydrogen-bond acceptors (Lipinski definition) is 3. The number of anilines is 2. The molecule has 1 aromatic heterocycles. The molecule has 178 valence electrons. The van der Waals surface area contributed by atoms with Gasteiger partial charge in [0.25, 0.3) is 11.8 Å². The molecule has 6 heteroatoms. The lowest BCUT2D eigenvalue weighted by atomic mass is 10.1. The van der Waals surface area contributed by atoms with Crippen LogP contribution in [0.25, 0.3) is 11.8 Å². The van der Waals surface area contributed by atoms with Gasteiger partial charge in [0.05, 0.1) is 11.4 Å². The first-order valence-corrected chi connectivity index (χ1v) is 12.1. The van der Waals surface area contributed by atoms with Crippen LogP contribution in [0.1, 0.15) is 22.5 Å². The summed E-state index contributed by atoms with van der Waals surface area (Å²) < 4.78 is 2.13. The Morgan fingerprint density at radius 2 is 1.19 bits per heavy atom. The van der Waals surface area contributed by atoms with Gasteiger partial charge < -0.3 is 4.57 Å². The molecule has 5 nitrogen and oxygen atoms in total. The first kappa shape index (κ1) is 23.5. The van der Waals surface area contributed by atoms with Gasteiger partial charge in [0.1, 0.15) is 5.57 Å². The fourth-order valence-electron chi connectivity index (χ4n) is 4.59. The molecule has 2 heterocycles. The van der Waals surface area contributed by atoms with E-state index in [9.17, 15) is 9.59 Å². The molecule has 0 bridgehead atoms. The number of aryl methyl sites for hydroxylation is 2. The van der Waals surface area contributed by atoms with E-state index in [1.54, 1.807) is 6.08 Å². The van der Waals surface area contributed by atoms with Gasteiger partial charge in [-0.1, -0.05) is 48.5 Å². The fraction of sp³-hybridized carbons (Fsp3) is 0.100. The molecular weight excluding hydrogens is 466 g/mol. The van der Waals surface area contributed by atoms with E-state index in [4.69, 9.17) is 12.2 Å². The lowest BCUT2D eigenvalue weighted by molar-refractivity contribution is -0.120. The van der Waals surface area contributed by atoms with E-state index in [0.717, 1.165) is 28.2 Å². The summed E-state index contributed by atoms with van der Waals surface area (Å²) in [6.07, 6.45) is 1.69. The molecule has 1 aliphatic heterocycles. The van der Waals surface area contributed by atoms with Crippen molar-refractivity contribution in [3.63, 3.8) is 0 Å². The predicted molar refractivity (Wildman–Crippen MR) is 148 cm³/mol. The maximum atomic E-state index is 13.8. The first-order chi connectivity index (χ1) is 17.4. The number of carbonyl (C=O) groups is 2. The molecular formula is C30H25N3O2S. The van der Waals surface area contributed by atoms with Crippen LogP contribution in [-0.2, 0) is 9.59 Å². The maximum Gasteiger partial charge on any atom is 0.270 e. The van der Waals surface area contributed by atoms with Gasteiger partial charge in [-0.05, 0) is 92.7 Å². The smallest absolute Gasteiger partial charge is 0.270 e. The summed E-state index contributed by atoms with van der Waals surface area (Å²) in [5.41, 5.74) is 6.22. The third kappa shape index (κ3) is 4.06. The summed E-state index contributed by atoms with van der Waals surface area (Å²) in [5.74, 6) is -0.882. The van der Waals surface area contributed by atoms with Crippen molar-refractivity contribution in [1.29, 1.82) is 0 Å². The third-order valence-electron chi connectivity index (χ3n) is 6.31. The Morgan fingerprint density at radius 1 is 0.667 bits per heavy atom. The van der Waals surface area contributed by atoms with Crippen LogP contribution in [0.15, 0.2) is 96.6 Å². The second-order valence-electron chi connectivity index (χ2n) is 8.79. The molecule has 0 atom stereocenters. The maximum absolute atomic E-state index is 13.8. The van der Waals surface area contributed by atoms with Crippen molar-refractivity contribution in [2.45, 2.75) is 20.8 Å². The van der Waals surface area contributed by atoms with Crippen molar-refractivity contribution in [1.82, 2.24) is 4.57 Å². The van der Waals surface area contributed by atoms with Crippen molar-refractivity contribution in [2.24, 2.45) is 0 Å². The number of hydrogen-bond donors (Lipinski definition) is 0. The van der Waals surface area contributed by atoms with Crippen LogP contribution in [0, 0.1) is 20.8 Å². The number of benzene rings is 3.